The average molecular weight is 407 g/mol. The first kappa shape index (κ1) is 19.9. The maximum Gasteiger partial charge on any atom is 0.416 e. The Morgan fingerprint density at radius 1 is 1.21 bits per heavy atom. The van der Waals surface area contributed by atoms with E-state index in [0.29, 0.717) is 23.9 Å². The molecule has 1 aliphatic heterocycles. The smallest absolute Gasteiger partial charge is 0.317 e. The van der Waals surface area contributed by atoms with Gasteiger partial charge in [-0.3, -0.25) is 9.59 Å². The monoisotopic (exact) mass is 407 g/mol. The van der Waals surface area contributed by atoms with Gasteiger partial charge in [-0.05, 0) is 47.7 Å². The molecule has 1 heterocycles. The van der Waals surface area contributed by atoms with Crippen molar-refractivity contribution in [1.29, 1.82) is 0 Å². The number of hydrogen-bond donors (Lipinski definition) is 2. The van der Waals surface area contributed by atoms with E-state index in [0.717, 1.165) is 23.4 Å². The summed E-state index contributed by atoms with van der Waals surface area (Å²) in [5, 5.41) is 6.20. The van der Waals surface area contributed by atoms with Crippen LogP contribution in [0.3, 0.4) is 0 Å². The van der Waals surface area contributed by atoms with E-state index in [1.165, 1.54) is 12.1 Å². The number of rotatable bonds is 3. The molecule has 1 aliphatic rings. The Bertz CT molecular complexity index is 927. The molecule has 5 nitrogen and oxygen atoms in total. The van der Waals surface area contributed by atoms with Crippen molar-refractivity contribution in [3.05, 3.63) is 59.7 Å². The van der Waals surface area contributed by atoms with Gasteiger partial charge in [-0.2, -0.15) is 18.3 Å². The molecular weight excluding hydrogens is 391 g/mol. The normalized spacial score (nSPS) is 16.9. The third-order valence-electron chi connectivity index (χ3n) is 4.06. The predicted octanol–water partition coefficient (Wildman–Crippen LogP) is 4.89. The largest absolute Gasteiger partial charge is 0.416 e. The molecule has 2 N–H and O–H groups in total. The third kappa shape index (κ3) is 4.92. The van der Waals surface area contributed by atoms with Crippen molar-refractivity contribution in [3.63, 3.8) is 0 Å². The fourth-order valence-electron chi connectivity index (χ4n) is 2.71. The molecule has 9 heteroatoms. The Hall–Kier alpha value is -2.81. The van der Waals surface area contributed by atoms with E-state index in [9.17, 15) is 22.8 Å². The number of alkyl halides is 3. The second kappa shape index (κ2) is 8.05. The van der Waals surface area contributed by atoms with E-state index >= 15 is 0 Å². The van der Waals surface area contributed by atoms with Crippen LogP contribution in [0.15, 0.2) is 58.5 Å². The number of nitrogens with one attached hydrogen (secondary N) is 2. The minimum atomic E-state index is -4.46. The van der Waals surface area contributed by atoms with Crippen molar-refractivity contribution in [2.75, 3.05) is 5.32 Å². The van der Waals surface area contributed by atoms with Crippen molar-refractivity contribution in [1.82, 2.24) is 5.43 Å². The Morgan fingerprint density at radius 3 is 2.57 bits per heavy atom. The van der Waals surface area contributed by atoms with Crippen LogP contribution < -0.4 is 10.7 Å². The minimum Gasteiger partial charge on any atom is -0.317 e. The molecular formula is C19H16F3N3O2S. The van der Waals surface area contributed by atoms with Gasteiger partial charge in [0.05, 0.1) is 11.3 Å². The lowest BCUT2D eigenvalue weighted by Crippen LogP contribution is -2.31. The van der Waals surface area contributed by atoms with Crippen molar-refractivity contribution in [3.8, 4) is 0 Å². The molecule has 1 atom stereocenters. The summed E-state index contributed by atoms with van der Waals surface area (Å²) in [7, 11) is 0. The van der Waals surface area contributed by atoms with E-state index in [4.69, 9.17) is 0 Å². The number of halogens is 3. The molecule has 1 unspecified atom stereocenters. The van der Waals surface area contributed by atoms with Crippen molar-refractivity contribution >= 4 is 34.3 Å². The molecule has 0 fully saturated rings. The maximum atomic E-state index is 12.7. The lowest BCUT2D eigenvalue weighted by Gasteiger charge is -2.19. The van der Waals surface area contributed by atoms with E-state index in [1.807, 2.05) is 6.92 Å². The van der Waals surface area contributed by atoms with Gasteiger partial charge >= 0.3 is 6.18 Å². The molecule has 28 heavy (non-hydrogen) atoms. The fraction of sp³-hybridized carbons (Fsp3) is 0.211. The highest BCUT2D eigenvalue weighted by atomic mass is 32.2. The lowest BCUT2D eigenvalue weighted by atomic mass is 9.94. The quantitative estimate of drug-likeness (QED) is 0.712. The first-order valence-electron chi connectivity index (χ1n) is 8.35. The van der Waals surface area contributed by atoms with Gasteiger partial charge in [0.25, 0.3) is 5.24 Å². The van der Waals surface area contributed by atoms with Crippen LogP contribution >= 0.6 is 11.8 Å². The van der Waals surface area contributed by atoms with Crippen molar-refractivity contribution in [2.24, 2.45) is 11.0 Å². The maximum absolute atomic E-state index is 12.7. The summed E-state index contributed by atoms with van der Waals surface area (Å²) in [6.45, 7) is 1.90. The zero-order valence-electron chi connectivity index (χ0n) is 14.7. The Morgan fingerprint density at radius 2 is 1.93 bits per heavy atom. The van der Waals surface area contributed by atoms with Gasteiger partial charge in [0, 0.05) is 22.9 Å². The summed E-state index contributed by atoms with van der Waals surface area (Å²) in [5.41, 5.74) is 3.71. The van der Waals surface area contributed by atoms with Gasteiger partial charge in [0.1, 0.15) is 0 Å². The van der Waals surface area contributed by atoms with Crippen LogP contribution in [0.5, 0.6) is 0 Å². The van der Waals surface area contributed by atoms with Crippen LogP contribution in [0.1, 0.15) is 24.5 Å². The number of amides is 2. The van der Waals surface area contributed by atoms with Crippen molar-refractivity contribution < 1.29 is 22.8 Å². The van der Waals surface area contributed by atoms with Crippen LogP contribution in [-0.4, -0.2) is 16.9 Å². The standard InChI is InChI=1S/C19H16F3N3O2S/c1-11-9-16(26)24-25-17(11)12-5-7-14(8-6-12)23-18(27)28-15-4-2-3-13(10-15)19(20,21)22/h2-8,10-11H,9H2,1H3,(H,23,27)(H,24,26). The number of benzene rings is 2. The molecule has 0 bridgehead atoms. The highest BCUT2D eigenvalue weighted by molar-refractivity contribution is 8.13. The topological polar surface area (TPSA) is 70.6 Å². The van der Waals surface area contributed by atoms with Crippen molar-refractivity contribution in [2.45, 2.75) is 24.4 Å². The molecule has 3 rings (SSSR count). The highest BCUT2D eigenvalue weighted by Crippen LogP contribution is 2.32. The summed E-state index contributed by atoms with van der Waals surface area (Å²) in [5.74, 6) is -0.155. The minimum absolute atomic E-state index is 0.0225. The number of carbonyl (C=O) groups is 2. The lowest BCUT2D eigenvalue weighted by molar-refractivity contribution is -0.137. The molecule has 0 spiro atoms. The number of nitrogens with zero attached hydrogens (tertiary/aromatic N) is 1. The molecule has 0 aromatic heterocycles. The van der Waals surface area contributed by atoms with Crippen LogP contribution in [0.2, 0.25) is 0 Å². The van der Waals surface area contributed by atoms with Crippen LogP contribution in [0.4, 0.5) is 23.7 Å². The summed E-state index contributed by atoms with van der Waals surface area (Å²) >= 11 is 0.680. The van der Waals surface area contributed by atoms with Gasteiger partial charge in [-0.1, -0.05) is 25.1 Å². The van der Waals surface area contributed by atoms with Crippen LogP contribution in [0, 0.1) is 5.92 Å². The number of carbonyl (C=O) groups excluding carboxylic acids is 2. The second-order valence-electron chi connectivity index (χ2n) is 6.25. The molecule has 2 amide bonds. The summed E-state index contributed by atoms with van der Waals surface area (Å²) < 4.78 is 38.2. The average Bonchev–Trinajstić information content (AvgIpc) is 2.62. The SMILES string of the molecule is CC1CC(=O)NN=C1c1ccc(NC(=O)Sc2cccc(C(F)(F)F)c2)cc1. The Balaban J connectivity index is 1.64. The van der Waals surface area contributed by atoms with Gasteiger partial charge in [0.2, 0.25) is 5.91 Å². The molecule has 0 saturated heterocycles. The van der Waals surface area contributed by atoms with Crippen LogP contribution in [-0.2, 0) is 11.0 Å². The second-order valence-corrected chi connectivity index (χ2v) is 7.30. The van der Waals surface area contributed by atoms with E-state index in [-0.39, 0.29) is 16.7 Å². The summed E-state index contributed by atoms with van der Waals surface area (Å²) in [4.78, 5) is 23.6. The molecule has 2 aromatic rings. The highest BCUT2D eigenvalue weighted by Gasteiger charge is 2.30. The third-order valence-corrected chi connectivity index (χ3v) is 4.84. The molecule has 0 aliphatic carbocycles. The van der Waals surface area contributed by atoms with Gasteiger partial charge in [-0.25, -0.2) is 5.43 Å². The molecule has 2 aromatic carbocycles. The number of thioether (sulfide) groups is 1. The fourth-order valence-corrected chi connectivity index (χ4v) is 3.43. The number of hydrazone groups is 1. The molecule has 0 saturated carbocycles. The Labute approximate surface area is 163 Å². The van der Waals surface area contributed by atoms with E-state index in [2.05, 4.69) is 15.8 Å². The van der Waals surface area contributed by atoms with Gasteiger partial charge in [-0.15, -0.1) is 0 Å². The first-order valence-corrected chi connectivity index (χ1v) is 9.17. The van der Waals surface area contributed by atoms with E-state index in [1.54, 1.807) is 24.3 Å². The van der Waals surface area contributed by atoms with E-state index < -0.39 is 17.0 Å². The number of hydrogen-bond acceptors (Lipinski definition) is 4. The van der Waals surface area contributed by atoms with Gasteiger partial charge in [0.15, 0.2) is 0 Å². The number of anilines is 1. The summed E-state index contributed by atoms with van der Waals surface area (Å²) in [6.07, 6.45) is -4.10. The molecule has 146 valence electrons. The zero-order valence-corrected chi connectivity index (χ0v) is 15.5. The van der Waals surface area contributed by atoms with Gasteiger partial charge < -0.3 is 5.32 Å². The molecule has 0 radical (unpaired) electrons. The first-order chi connectivity index (χ1) is 13.2. The predicted molar refractivity (Wildman–Crippen MR) is 101 cm³/mol. The summed E-state index contributed by atoms with van der Waals surface area (Å²) in [6, 6.07) is 11.5. The Kier molecular flexibility index (Phi) is 5.73. The van der Waals surface area contributed by atoms with Crippen LogP contribution in [0.25, 0.3) is 0 Å². The zero-order chi connectivity index (χ0) is 20.3.